The van der Waals surface area contributed by atoms with Crippen LogP contribution in [0.4, 0.5) is 10.1 Å². The topological polar surface area (TPSA) is 64.4 Å². The molecule has 0 saturated heterocycles. The Hall–Kier alpha value is -3.15. The summed E-state index contributed by atoms with van der Waals surface area (Å²) in [6, 6.07) is 13.4. The van der Waals surface area contributed by atoms with Crippen molar-refractivity contribution >= 4 is 11.6 Å². The predicted molar refractivity (Wildman–Crippen MR) is 91.8 cm³/mol. The van der Waals surface area contributed by atoms with Crippen molar-refractivity contribution in [2.45, 2.75) is 12.8 Å². The summed E-state index contributed by atoms with van der Waals surface area (Å²) in [4.78, 5) is 16.1. The molecular weight excluding hydrogens is 323 g/mol. The number of methoxy groups -OCH3 is 1. The minimum absolute atomic E-state index is 0.150. The van der Waals surface area contributed by atoms with Gasteiger partial charge >= 0.3 is 0 Å². The lowest BCUT2D eigenvalue weighted by atomic mass is 10.2. The first-order chi connectivity index (χ1) is 12.2. The van der Waals surface area contributed by atoms with Gasteiger partial charge in [-0.25, -0.2) is 9.37 Å². The van der Waals surface area contributed by atoms with Crippen molar-refractivity contribution in [1.29, 1.82) is 0 Å². The fourth-order valence-electron chi connectivity index (χ4n) is 2.31. The maximum atomic E-state index is 13.5. The summed E-state index contributed by atoms with van der Waals surface area (Å²) in [6.07, 6.45) is 2.10. The van der Waals surface area contributed by atoms with Gasteiger partial charge in [0, 0.05) is 18.4 Å². The van der Waals surface area contributed by atoms with E-state index >= 15 is 0 Å². The van der Waals surface area contributed by atoms with Crippen molar-refractivity contribution in [2.24, 2.45) is 0 Å². The average Bonchev–Trinajstić information content (AvgIpc) is 3.11. The molecule has 3 rings (SSSR count). The number of ether oxygens (including phenoxy) is 1. The Morgan fingerprint density at radius 3 is 2.68 bits per heavy atom. The van der Waals surface area contributed by atoms with Crippen molar-refractivity contribution in [3.63, 3.8) is 0 Å². The fraction of sp³-hybridized carbons (Fsp3) is 0.158. The number of nitrogens with zero attached hydrogens (tertiary/aromatic N) is 1. The van der Waals surface area contributed by atoms with Crippen molar-refractivity contribution in [2.75, 3.05) is 12.4 Å². The Balaban J connectivity index is 1.58. The molecule has 0 aliphatic heterocycles. The van der Waals surface area contributed by atoms with Crippen LogP contribution in [0.25, 0.3) is 11.3 Å². The molecule has 25 heavy (non-hydrogen) atoms. The second kappa shape index (κ2) is 7.61. The SMILES string of the molecule is COc1ccc(-c2cnc(CCC(=O)Nc3ccccc3F)o2)cc1. The van der Waals surface area contributed by atoms with Crippen molar-refractivity contribution < 1.29 is 18.3 Å². The molecule has 0 spiro atoms. The quantitative estimate of drug-likeness (QED) is 0.735. The van der Waals surface area contributed by atoms with Crippen LogP contribution in [0.15, 0.2) is 59.1 Å². The van der Waals surface area contributed by atoms with Crippen LogP contribution in [0.5, 0.6) is 5.75 Å². The van der Waals surface area contributed by atoms with E-state index in [2.05, 4.69) is 10.3 Å². The highest BCUT2D eigenvalue weighted by atomic mass is 19.1. The molecule has 0 unspecified atom stereocenters. The number of aryl methyl sites for hydroxylation is 1. The molecule has 0 fully saturated rings. The number of halogens is 1. The second-order valence-electron chi connectivity index (χ2n) is 5.37. The first kappa shape index (κ1) is 16.7. The number of nitrogens with one attached hydrogen (secondary N) is 1. The molecule has 0 aliphatic rings. The summed E-state index contributed by atoms with van der Waals surface area (Å²) in [5, 5.41) is 2.53. The summed E-state index contributed by atoms with van der Waals surface area (Å²) in [6.45, 7) is 0. The summed E-state index contributed by atoms with van der Waals surface area (Å²) in [5.41, 5.74) is 1.04. The Morgan fingerprint density at radius 1 is 1.20 bits per heavy atom. The van der Waals surface area contributed by atoms with E-state index in [-0.39, 0.29) is 18.0 Å². The third kappa shape index (κ3) is 4.23. The molecule has 1 N–H and O–H groups in total. The Kier molecular flexibility index (Phi) is 5.09. The van der Waals surface area contributed by atoms with Gasteiger partial charge in [0.05, 0.1) is 19.0 Å². The summed E-state index contributed by atoms with van der Waals surface area (Å²) in [7, 11) is 1.61. The van der Waals surface area contributed by atoms with Crippen LogP contribution in [0.1, 0.15) is 12.3 Å². The number of rotatable bonds is 6. The molecule has 1 heterocycles. The monoisotopic (exact) mass is 340 g/mol. The molecule has 0 atom stereocenters. The summed E-state index contributed by atoms with van der Waals surface area (Å²) in [5.74, 6) is 1.07. The molecule has 5 nitrogen and oxygen atoms in total. The number of para-hydroxylation sites is 1. The van der Waals surface area contributed by atoms with E-state index in [1.165, 1.54) is 12.1 Å². The van der Waals surface area contributed by atoms with Gasteiger partial charge in [0.2, 0.25) is 5.91 Å². The van der Waals surface area contributed by atoms with E-state index in [9.17, 15) is 9.18 Å². The van der Waals surface area contributed by atoms with Gasteiger partial charge in [-0.2, -0.15) is 0 Å². The summed E-state index contributed by atoms with van der Waals surface area (Å²) < 4.78 is 24.3. The van der Waals surface area contributed by atoms with Gasteiger partial charge in [-0.15, -0.1) is 0 Å². The van der Waals surface area contributed by atoms with Gasteiger partial charge in [-0.05, 0) is 36.4 Å². The van der Waals surface area contributed by atoms with Crippen molar-refractivity contribution in [3.05, 3.63) is 66.4 Å². The van der Waals surface area contributed by atoms with Crippen LogP contribution in [-0.4, -0.2) is 18.0 Å². The van der Waals surface area contributed by atoms with Crippen LogP contribution in [0, 0.1) is 5.82 Å². The van der Waals surface area contributed by atoms with Crippen LogP contribution in [-0.2, 0) is 11.2 Å². The zero-order valence-corrected chi connectivity index (χ0v) is 13.7. The van der Waals surface area contributed by atoms with Crippen LogP contribution in [0.2, 0.25) is 0 Å². The third-order valence-electron chi connectivity index (χ3n) is 3.64. The highest BCUT2D eigenvalue weighted by Gasteiger charge is 2.10. The molecular formula is C19H17FN2O3. The Labute approximate surface area is 144 Å². The molecule has 128 valence electrons. The minimum atomic E-state index is -0.464. The van der Waals surface area contributed by atoms with Gasteiger partial charge in [0.1, 0.15) is 11.6 Å². The number of hydrogen-bond donors (Lipinski definition) is 1. The zero-order chi connectivity index (χ0) is 17.6. The first-order valence-corrected chi connectivity index (χ1v) is 7.79. The Bertz CT molecular complexity index is 859. The molecule has 0 bridgehead atoms. The van der Waals surface area contributed by atoms with Crippen LogP contribution < -0.4 is 10.1 Å². The standard InChI is InChI=1S/C19H17FN2O3/c1-24-14-8-6-13(7-9-14)17-12-21-19(25-17)11-10-18(23)22-16-5-3-2-4-15(16)20/h2-9,12H,10-11H2,1H3,(H,22,23). The number of hydrogen-bond acceptors (Lipinski definition) is 4. The number of carbonyl (C=O) groups is 1. The predicted octanol–water partition coefficient (Wildman–Crippen LogP) is 4.06. The van der Waals surface area contributed by atoms with Crippen molar-refractivity contribution in [1.82, 2.24) is 4.98 Å². The molecule has 6 heteroatoms. The van der Waals surface area contributed by atoms with Gasteiger partial charge in [-0.3, -0.25) is 4.79 Å². The largest absolute Gasteiger partial charge is 0.497 e. The van der Waals surface area contributed by atoms with Crippen molar-refractivity contribution in [3.8, 4) is 17.1 Å². The second-order valence-corrected chi connectivity index (χ2v) is 5.37. The molecule has 0 saturated carbocycles. The first-order valence-electron chi connectivity index (χ1n) is 7.79. The number of carbonyl (C=O) groups excluding carboxylic acids is 1. The third-order valence-corrected chi connectivity index (χ3v) is 3.64. The van der Waals surface area contributed by atoms with Gasteiger partial charge < -0.3 is 14.5 Å². The van der Waals surface area contributed by atoms with Gasteiger partial charge in [-0.1, -0.05) is 12.1 Å². The average molecular weight is 340 g/mol. The lowest BCUT2D eigenvalue weighted by Gasteiger charge is -2.05. The Morgan fingerprint density at radius 2 is 1.96 bits per heavy atom. The van der Waals surface area contributed by atoms with Gasteiger partial charge in [0.15, 0.2) is 11.7 Å². The lowest BCUT2D eigenvalue weighted by Crippen LogP contribution is -2.13. The van der Waals surface area contributed by atoms with Gasteiger partial charge in [0.25, 0.3) is 0 Å². The molecule has 3 aromatic rings. The zero-order valence-electron chi connectivity index (χ0n) is 13.7. The maximum absolute atomic E-state index is 13.5. The summed E-state index contributed by atoms with van der Waals surface area (Å²) >= 11 is 0. The van der Waals surface area contributed by atoms with E-state index in [1.807, 2.05) is 24.3 Å². The lowest BCUT2D eigenvalue weighted by molar-refractivity contribution is -0.116. The van der Waals surface area contributed by atoms with Crippen LogP contribution in [0.3, 0.4) is 0 Å². The molecule has 1 amide bonds. The number of benzene rings is 2. The number of anilines is 1. The van der Waals surface area contributed by atoms with E-state index < -0.39 is 5.82 Å². The van der Waals surface area contributed by atoms with E-state index in [0.29, 0.717) is 18.1 Å². The van der Waals surface area contributed by atoms with Crippen LogP contribution >= 0.6 is 0 Å². The van der Waals surface area contributed by atoms with E-state index in [0.717, 1.165) is 11.3 Å². The van der Waals surface area contributed by atoms with E-state index in [1.54, 1.807) is 25.4 Å². The highest BCUT2D eigenvalue weighted by molar-refractivity contribution is 5.90. The fourth-order valence-corrected chi connectivity index (χ4v) is 2.31. The number of aromatic nitrogens is 1. The molecule has 1 aromatic heterocycles. The van der Waals surface area contributed by atoms with E-state index in [4.69, 9.17) is 9.15 Å². The number of amides is 1. The highest BCUT2D eigenvalue weighted by Crippen LogP contribution is 2.23. The molecule has 0 radical (unpaired) electrons. The number of oxazole rings is 1. The maximum Gasteiger partial charge on any atom is 0.224 e. The smallest absolute Gasteiger partial charge is 0.224 e. The molecule has 2 aromatic carbocycles. The minimum Gasteiger partial charge on any atom is -0.497 e. The normalized spacial score (nSPS) is 10.5. The molecule has 0 aliphatic carbocycles.